The lowest BCUT2D eigenvalue weighted by Gasteiger charge is -2.21. The molecule has 0 radical (unpaired) electrons. The van der Waals surface area contributed by atoms with E-state index in [4.69, 9.17) is 5.11 Å². The lowest BCUT2D eigenvalue weighted by atomic mass is 9.94. The van der Waals surface area contributed by atoms with Crippen LogP contribution in [0.4, 0.5) is 4.39 Å². The first kappa shape index (κ1) is 14.5. The minimum atomic E-state index is -1.35. The van der Waals surface area contributed by atoms with Crippen LogP contribution in [-0.2, 0) is 15.0 Å². The molecule has 0 spiro atoms. The number of aliphatic carboxylic acids is 1. The molecule has 1 fully saturated rings. The minimum absolute atomic E-state index is 0.391. The molecule has 0 aromatic heterocycles. The van der Waals surface area contributed by atoms with E-state index < -0.39 is 35.3 Å². The van der Waals surface area contributed by atoms with Crippen LogP contribution in [0, 0.1) is 5.82 Å². The first-order chi connectivity index (χ1) is 9.36. The Labute approximate surface area is 115 Å². The van der Waals surface area contributed by atoms with Crippen molar-refractivity contribution >= 4 is 11.9 Å². The molecule has 0 heterocycles. The molecule has 1 aromatic carbocycles. The minimum Gasteiger partial charge on any atom is -0.480 e. The number of aliphatic hydroxyl groups excluding tert-OH is 1. The van der Waals surface area contributed by atoms with Crippen molar-refractivity contribution in [2.24, 2.45) is 0 Å². The summed E-state index contributed by atoms with van der Waals surface area (Å²) in [4.78, 5) is 23.2. The molecule has 0 saturated heterocycles. The van der Waals surface area contributed by atoms with Gasteiger partial charge in [0, 0.05) is 0 Å². The maximum atomic E-state index is 12.9. The monoisotopic (exact) mass is 281 g/mol. The summed E-state index contributed by atoms with van der Waals surface area (Å²) in [7, 11) is 0. The quantitative estimate of drug-likeness (QED) is 0.745. The molecule has 6 heteroatoms. The van der Waals surface area contributed by atoms with Gasteiger partial charge in [-0.2, -0.15) is 0 Å². The van der Waals surface area contributed by atoms with Crippen molar-refractivity contribution in [2.45, 2.75) is 37.3 Å². The van der Waals surface area contributed by atoms with E-state index in [0.29, 0.717) is 18.4 Å². The van der Waals surface area contributed by atoms with Gasteiger partial charge in [0.25, 0.3) is 0 Å². The van der Waals surface area contributed by atoms with Gasteiger partial charge < -0.3 is 15.5 Å². The van der Waals surface area contributed by atoms with E-state index in [1.807, 2.05) is 0 Å². The molecule has 1 aliphatic rings. The summed E-state index contributed by atoms with van der Waals surface area (Å²) < 4.78 is 12.9. The Morgan fingerprint density at radius 2 is 1.85 bits per heavy atom. The number of nitrogens with one attached hydrogen (secondary N) is 1. The fourth-order valence-electron chi connectivity index (χ4n) is 2.21. The third-order valence-corrected chi connectivity index (χ3v) is 3.62. The van der Waals surface area contributed by atoms with Crippen molar-refractivity contribution < 1.29 is 24.2 Å². The molecule has 108 valence electrons. The topological polar surface area (TPSA) is 86.6 Å². The Bertz CT molecular complexity index is 522. The second-order valence-corrected chi connectivity index (χ2v) is 5.12. The summed E-state index contributed by atoms with van der Waals surface area (Å²) >= 11 is 0. The Morgan fingerprint density at radius 1 is 1.30 bits per heavy atom. The summed E-state index contributed by atoms with van der Waals surface area (Å²) in [5.74, 6) is -2.13. The van der Waals surface area contributed by atoms with E-state index in [2.05, 4.69) is 5.32 Å². The van der Waals surface area contributed by atoms with Crippen molar-refractivity contribution in [3.63, 3.8) is 0 Å². The van der Waals surface area contributed by atoms with Crippen molar-refractivity contribution in [1.29, 1.82) is 0 Å². The number of carboxylic acids is 1. The van der Waals surface area contributed by atoms with Gasteiger partial charge in [0.2, 0.25) is 5.91 Å². The maximum Gasteiger partial charge on any atom is 0.328 e. The smallest absolute Gasteiger partial charge is 0.328 e. The lowest BCUT2D eigenvalue weighted by molar-refractivity contribution is -0.145. The van der Waals surface area contributed by atoms with Crippen LogP contribution in [0.3, 0.4) is 0 Å². The second kappa shape index (κ2) is 5.20. The van der Waals surface area contributed by atoms with Crippen molar-refractivity contribution in [1.82, 2.24) is 5.32 Å². The van der Waals surface area contributed by atoms with Gasteiger partial charge in [0.05, 0.1) is 11.5 Å². The number of halogens is 1. The highest BCUT2D eigenvalue weighted by Crippen LogP contribution is 2.48. The number of carboxylic acid groups (broad SMARTS) is 1. The molecular weight excluding hydrogens is 265 g/mol. The van der Waals surface area contributed by atoms with E-state index in [0.717, 1.165) is 0 Å². The van der Waals surface area contributed by atoms with Crippen LogP contribution in [0.25, 0.3) is 0 Å². The fraction of sp³-hybridized carbons (Fsp3) is 0.429. The van der Waals surface area contributed by atoms with Crippen LogP contribution in [0.2, 0.25) is 0 Å². The number of amides is 1. The van der Waals surface area contributed by atoms with Crippen molar-refractivity contribution in [2.75, 3.05) is 0 Å². The number of rotatable bonds is 5. The number of hydrogen-bond donors (Lipinski definition) is 3. The zero-order valence-corrected chi connectivity index (χ0v) is 11.0. The van der Waals surface area contributed by atoms with E-state index in [-0.39, 0.29) is 0 Å². The second-order valence-electron chi connectivity index (χ2n) is 5.12. The summed E-state index contributed by atoms with van der Waals surface area (Å²) in [6.07, 6.45) is -0.0341. The van der Waals surface area contributed by atoms with Crippen LogP contribution < -0.4 is 5.32 Å². The summed E-state index contributed by atoms with van der Waals surface area (Å²) in [5, 5.41) is 20.7. The molecule has 0 aliphatic heterocycles. The SMILES string of the molecule is C[C@@H](O)[C@H](NC(=O)C1(c2ccc(F)cc2)CC1)C(=O)O. The highest BCUT2D eigenvalue weighted by molar-refractivity contribution is 5.94. The van der Waals surface area contributed by atoms with E-state index >= 15 is 0 Å². The van der Waals surface area contributed by atoms with Gasteiger partial charge in [0.15, 0.2) is 6.04 Å². The molecule has 2 atom stereocenters. The van der Waals surface area contributed by atoms with E-state index in [1.165, 1.54) is 31.2 Å². The average Bonchev–Trinajstić information content (AvgIpc) is 3.17. The molecule has 1 aromatic rings. The molecular formula is C14H16FNO4. The zero-order valence-electron chi connectivity index (χ0n) is 11.0. The predicted molar refractivity (Wildman–Crippen MR) is 68.6 cm³/mol. The molecule has 2 rings (SSSR count). The molecule has 1 aliphatic carbocycles. The van der Waals surface area contributed by atoms with Gasteiger partial charge in [-0.15, -0.1) is 0 Å². The first-order valence-corrected chi connectivity index (χ1v) is 6.35. The van der Waals surface area contributed by atoms with Crippen LogP contribution in [0.1, 0.15) is 25.3 Å². The maximum absolute atomic E-state index is 12.9. The van der Waals surface area contributed by atoms with Gasteiger partial charge in [-0.3, -0.25) is 4.79 Å². The fourth-order valence-corrected chi connectivity index (χ4v) is 2.21. The molecule has 20 heavy (non-hydrogen) atoms. The Kier molecular flexibility index (Phi) is 3.76. The van der Waals surface area contributed by atoms with Gasteiger partial charge in [-0.05, 0) is 37.5 Å². The molecule has 1 saturated carbocycles. The molecule has 0 bridgehead atoms. The predicted octanol–water partition coefficient (Wildman–Crippen LogP) is 0.807. The highest BCUT2D eigenvalue weighted by atomic mass is 19.1. The average molecular weight is 281 g/mol. The molecule has 3 N–H and O–H groups in total. The molecule has 1 amide bonds. The third-order valence-electron chi connectivity index (χ3n) is 3.62. The highest BCUT2D eigenvalue weighted by Gasteiger charge is 2.52. The number of benzene rings is 1. The number of carbonyl (C=O) groups is 2. The number of hydrogen-bond acceptors (Lipinski definition) is 3. The first-order valence-electron chi connectivity index (χ1n) is 6.35. The van der Waals surface area contributed by atoms with E-state index in [9.17, 15) is 19.1 Å². The summed E-state index contributed by atoms with van der Waals surface area (Å²) in [5.41, 5.74) is -0.137. The standard InChI is InChI=1S/C14H16FNO4/c1-8(17)11(12(18)19)16-13(20)14(6-7-14)9-2-4-10(15)5-3-9/h2-5,8,11,17H,6-7H2,1H3,(H,16,20)(H,18,19)/t8-,11+/m1/s1. The van der Waals surface area contributed by atoms with Gasteiger partial charge in [-0.25, -0.2) is 9.18 Å². The summed E-state index contributed by atoms with van der Waals surface area (Å²) in [6, 6.07) is 4.25. The Morgan fingerprint density at radius 3 is 2.25 bits per heavy atom. The number of carbonyl (C=O) groups excluding carboxylic acids is 1. The molecule has 0 unspecified atom stereocenters. The Hall–Kier alpha value is -1.95. The van der Waals surface area contributed by atoms with Crippen molar-refractivity contribution in [3.8, 4) is 0 Å². The van der Waals surface area contributed by atoms with Crippen molar-refractivity contribution in [3.05, 3.63) is 35.6 Å². The van der Waals surface area contributed by atoms with Crippen LogP contribution in [0.15, 0.2) is 24.3 Å². The lowest BCUT2D eigenvalue weighted by Crippen LogP contribution is -2.50. The van der Waals surface area contributed by atoms with Crippen LogP contribution in [0.5, 0.6) is 0 Å². The van der Waals surface area contributed by atoms with Crippen LogP contribution >= 0.6 is 0 Å². The van der Waals surface area contributed by atoms with Gasteiger partial charge >= 0.3 is 5.97 Å². The van der Waals surface area contributed by atoms with Gasteiger partial charge in [-0.1, -0.05) is 12.1 Å². The zero-order chi connectivity index (χ0) is 14.9. The Balaban J connectivity index is 2.16. The number of aliphatic hydroxyl groups is 1. The van der Waals surface area contributed by atoms with E-state index in [1.54, 1.807) is 0 Å². The largest absolute Gasteiger partial charge is 0.480 e. The third kappa shape index (κ3) is 2.65. The van der Waals surface area contributed by atoms with Crippen LogP contribution in [-0.4, -0.2) is 34.2 Å². The normalized spacial score (nSPS) is 18.9. The summed E-state index contributed by atoms with van der Waals surface area (Å²) in [6.45, 7) is 1.30. The van der Waals surface area contributed by atoms with Gasteiger partial charge in [0.1, 0.15) is 5.82 Å². The molecule has 5 nitrogen and oxygen atoms in total.